The summed E-state index contributed by atoms with van der Waals surface area (Å²) in [5.74, 6) is 1.17. The highest BCUT2D eigenvalue weighted by Crippen LogP contribution is 2.40. The number of thiazole rings is 1. The maximum absolute atomic E-state index is 12.4. The number of nitrogens with one attached hydrogen (secondary N) is 2. The van der Waals surface area contributed by atoms with E-state index in [0.717, 1.165) is 29.1 Å². The van der Waals surface area contributed by atoms with E-state index in [0.29, 0.717) is 22.1 Å². The molecule has 0 aliphatic heterocycles. The number of nitrogens with zero attached hydrogens (tertiary/aromatic N) is 2. The lowest BCUT2D eigenvalue weighted by molar-refractivity contribution is -0.121. The molecule has 0 bridgehead atoms. The zero-order chi connectivity index (χ0) is 15.7. The van der Waals surface area contributed by atoms with Gasteiger partial charge in [0.15, 0.2) is 9.78 Å². The average Bonchev–Trinajstić information content (AvgIpc) is 3.23. The summed E-state index contributed by atoms with van der Waals surface area (Å²) in [6.45, 7) is 3.88. The Bertz CT molecular complexity index is 748. The number of aromatic amines is 1. The van der Waals surface area contributed by atoms with Crippen LogP contribution in [-0.4, -0.2) is 20.9 Å². The molecule has 0 radical (unpaired) electrons. The van der Waals surface area contributed by atoms with Gasteiger partial charge in [-0.1, -0.05) is 0 Å². The maximum atomic E-state index is 12.4. The number of aromatic nitrogens is 3. The highest BCUT2D eigenvalue weighted by Gasteiger charge is 2.35. The summed E-state index contributed by atoms with van der Waals surface area (Å²) in [6.07, 6.45) is 4.33. The van der Waals surface area contributed by atoms with Gasteiger partial charge in [-0.05, 0) is 50.9 Å². The van der Waals surface area contributed by atoms with Crippen LogP contribution in [0.5, 0.6) is 0 Å². The van der Waals surface area contributed by atoms with Crippen LogP contribution in [0.4, 0.5) is 0 Å². The summed E-state index contributed by atoms with van der Waals surface area (Å²) in [5, 5.41) is 3.10. The first-order valence-electron chi connectivity index (χ1n) is 7.30. The number of carbonyl (C=O) groups is 1. The lowest BCUT2D eigenvalue weighted by Gasteiger charge is -2.17. The third kappa shape index (κ3) is 3.59. The SMILES string of the molecule is Cc1ccnc([C@@H](NC(=O)Cc2sc(=S)[nH]c2C)C2CC2)n1. The second-order valence-corrected chi connectivity index (χ2v) is 7.45. The molecule has 2 heterocycles. The van der Waals surface area contributed by atoms with Crippen LogP contribution < -0.4 is 5.32 Å². The van der Waals surface area contributed by atoms with Gasteiger partial charge in [-0.3, -0.25) is 4.79 Å². The molecule has 1 saturated carbocycles. The third-order valence-corrected chi connectivity index (χ3v) is 5.08. The number of carbonyl (C=O) groups excluding carboxylic acids is 1. The van der Waals surface area contributed by atoms with Crippen LogP contribution in [0, 0.1) is 23.7 Å². The molecule has 2 aromatic rings. The number of H-pyrrole nitrogens is 1. The molecule has 2 aromatic heterocycles. The van der Waals surface area contributed by atoms with Crippen molar-refractivity contribution in [2.75, 3.05) is 0 Å². The van der Waals surface area contributed by atoms with Gasteiger partial charge in [-0.2, -0.15) is 0 Å². The van der Waals surface area contributed by atoms with Crippen LogP contribution in [0.3, 0.4) is 0 Å². The molecule has 1 fully saturated rings. The maximum Gasteiger partial charge on any atom is 0.225 e. The van der Waals surface area contributed by atoms with E-state index in [1.165, 1.54) is 11.3 Å². The van der Waals surface area contributed by atoms with Gasteiger partial charge in [0.1, 0.15) is 0 Å². The lowest BCUT2D eigenvalue weighted by atomic mass is 10.1. The predicted octanol–water partition coefficient (Wildman–Crippen LogP) is 3.02. The molecule has 1 amide bonds. The van der Waals surface area contributed by atoms with Crippen molar-refractivity contribution in [3.05, 3.63) is 38.3 Å². The monoisotopic (exact) mass is 334 g/mol. The summed E-state index contributed by atoms with van der Waals surface area (Å²) >= 11 is 6.57. The molecule has 22 heavy (non-hydrogen) atoms. The van der Waals surface area contributed by atoms with E-state index < -0.39 is 0 Å². The number of hydrogen-bond acceptors (Lipinski definition) is 5. The predicted molar refractivity (Wildman–Crippen MR) is 88.3 cm³/mol. The Morgan fingerprint density at radius 1 is 1.55 bits per heavy atom. The second kappa shape index (κ2) is 6.26. The third-order valence-electron chi connectivity index (χ3n) is 3.75. The first-order valence-corrected chi connectivity index (χ1v) is 8.53. The van der Waals surface area contributed by atoms with E-state index in [2.05, 4.69) is 20.3 Å². The van der Waals surface area contributed by atoms with E-state index in [-0.39, 0.29) is 11.9 Å². The fraction of sp³-hybridized carbons (Fsp3) is 0.467. The zero-order valence-electron chi connectivity index (χ0n) is 12.5. The molecular weight excluding hydrogens is 316 g/mol. The van der Waals surface area contributed by atoms with Crippen LogP contribution >= 0.6 is 23.6 Å². The van der Waals surface area contributed by atoms with Crippen molar-refractivity contribution >= 4 is 29.5 Å². The number of amides is 1. The van der Waals surface area contributed by atoms with Gasteiger partial charge in [-0.15, -0.1) is 11.3 Å². The fourth-order valence-electron chi connectivity index (χ4n) is 2.42. The summed E-state index contributed by atoms with van der Waals surface area (Å²) in [5.41, 5.74) is 1.89. The average molecular weight is 334 g/mol. The van der Waals surface area contributed by atoms with Gasteiger partial charge in [0, 0.05) is 22.5 Å². The van der Waals surface area contributed by atoms with E-state index in [1.54, 1.807) is 6.20 Å². The molecule has 7 heteroatoms. The minimum absolute atomic E-state index is 0.00430. The molecule has 0 spiro atoms. The van der Waals surface area contributed by atoms with E-state index in [9.17, 15) is 4.79 Å². The van der Waals surface area contributed by atoms with Crippen molar-refractivity contribution < 1.29 is 4.79 Å². The molecule has 0 unspecified atom stereocenters. The first kappa shape index (κ1) is 15.3. The van der Waals surface area contributed by atoms with E-state index >= 15 is 0 Å². The first-order chi connectivity index (χ1) is 10.5. The molecule has 5 nitrogen and oxygen atoms in total. The summed E-state index contributed by atoms with van der Waals surface area (Å²) in [6, 6.07) is 1.78. The quantitative estimate of drug-likeness (QED) is 0.825. The Morgan fingerprint density at radius 3 is 2.91 bits per heavy atom. The number of aryl methyl sites for hydroxylation is 2. The van der Waals surface area contributed by atoms with Gasteiger partial charge in [0.05, 0.1) is 12.5 Å². The Hall–Kier alpha value is -1.60. The zero-order valence-corrected chi connectivity index (χ0v) is 14.2. The highest BCUT2D eigenvalue weighted by atomic mass is 32.1. The van der Waals surface area contributed by atoms with Crippen molar-refractivity contribution in [2.45, 2.75) is 39.2 Å². The molecule has 1 aliphatic rings. The van der Waals surface area contributed by atoms with Gasteiger partial charge in [-0.25, -0.2) is 9.97 Å². The van der Waals surface area contributed by atoms with Crippen molar-refractivity contribution in [2.24, 2.45) is 5.92 Å². The van der Waals surface area contributed by atoms with Crippen LogP contribution in [0.1, 0.15) is 41.0 Å². The Morgan fingerprint density at radius 2 is 2.32 bits per heavy atom. The number of hydrogen-bond donors (Lipinski definition) is 2. The molecule has 2 N–H and O–H groups in total. The molecule has 1 atom stereocenters. The minimum Gasteiger partial charge on any atom is -0.345 e. The normalized spacial score (nSPS) is 15.5. The molecular formula is C15H18N4OS2. The van der Waals surface area contributed by atoms with Crippen molar-refractivity contribution in [1.82, 2.24) is 20.3 Å². The fourth-order valence-corrected chi connectivity index (χ4v) is 3.71. The van der Waals surface area contributed by atoms with Gasteiger partial charge >= 0.3 is 0 Å². The minimum atomic E-state index is -0.0837. The van der Waals surface area contributed by atoms with Crippen LogP contribution in [-0.2, 0) is 11.2 Å². The topological polar surface area (TPSA) is 70.7 Å². The largest absolute Gasteiger partial charge is 0.345 e. The molecule has 0 aromatic carbocycles. The standard InChI is InChI=1S/C15H18N4OS2/c1-8-5-6-16-14(17-8)13(10-3-4-10)19-12(20)7-11-9(2)18-15(21)22-11/h5-6,10,13H,3-4,7H2,1-2H3,(H,18,21)(H,19,20)/t13-/m0/s1. The van der Waals surface area contributed by atoms with Crippen LogP contribution in [0.2, 0.25) is 0 Å². The van der Waals surface area contributed by atoms with Crippen LogP contribution in [0.25, 0.3) is 0 Å². The molecule has 116 valence electrons. The summed E-state index contributed by atoms with van der Waals surface area (Å²) in [4.78, 5) is 25.2. The number of rotatable bonds is 5. The second-order valence-electron chi connectivity index (χ2n) is 5.68. The smallest absolute Gasteiger partial charge is 0.225 e. The van der Waals surface area contributed by atoms with Crippen molar-refractivity contribution in [1.29, 1.82) is 0 Å². The lowest BCUT2D eigenvalue weighted by Crippen LogP contribution is -2.32. The Balaban J connectivity index is 1.72. The van der Waals surface area contributed by atoms with Crippen molar-refractivity contribution in [3.8, 4) is 0 Å². The molecule has 3 rings (SSSR count). The van der Waals surface area contributed by atoms with E-state index in [4.69, 9.17) is 12.2 Å². The Labute approximate surface area is 138 Å². The summed E-state index contributed by atoms with van der Waals surface area (Å²) in [7, 11) is 0. The van der Waals surface area contributed by atoms with Gasteiger partial charge in [0.2, 0.25) is 5.91 Å². The molecule has 1 aliphatic carbocycles. The molecule has 0 saturated heterocycles. The van der Waals surface area contributed by atoms with Gasteiger partial charge < -0.3 is 10.3 Å². The van der Waals surface area contributed by atoms with Gasteiger partial charge in [0.25, 0.3) is 0 Å². The highest BCUT2D eigenvalue weighted by molar-refractivity contribution is 7.73. The van der Waals surface area contributed by atoms with Crippen molar-refractivity contribution in [3.63, 3.8) is 0 Å². The summed E-state index contributed by atoms with van der Waals surface area (Å²) < 4.78 is 0.709. The van der Waals surface area contributed by atoms with Crippen LogP contribution in [0.15, 0.2) is 12.3 Å². The Kier molecular flexibility index (Phi) is 4.35. The van der Waals surface area contributed by atoms with E-state index in [1.807, 2.05) is 19.9 Å².